The second-order valence-electron chi connectivity index (χ2n) is 14.7. The monoisotopic (exact) mass is 488 g/mol. The Kier molecular flexibility index (Phi) is 5.40. The Labute approximate surface area is 211 Å². The topological polar surface area (TPSA) is 98.0 Å². The zero-order valence-electron chi connectivity index (χ0n) is 22.9. The molecule has 0 spiro atoms. The van der Waals surface area contributed by atoms with Crippen molar-refractivity contribution in [2.45, 2.75) is 118 Å². The van der Waals surface area contributed by atoms with Crippen LogP contribution in [0.15, 0.2) is 11.6 Å². The Morgan fingerprint density at radius 1 is 0.971 bits per heavy atom. The number of carboxylic acid groups (broad SMARTS) is 1. The van der Waals surface area contributed by atoms with Crippen LogP contribution in [-0.2, 0) is 4.79 Å². The molecule has 0 bridgehead atoms. The Balaban J connectivity index is 1.68. The zero-order valence-corrected chi connectivity index (χ0v) is 22.9. The predicted molar refractivity (Wildman–Crippen MR) is 135 cm³/mol. The Hall–Kier alpha value is -0.910. The molecule has 11 atom stereocenters. The molecule has 0 aliphatic heterocycles. The molecule has 0 radical (unpaired) electrons. The molecule has 0 heterocycles. The number of aliphatic hydroxyl groups is 3. The van der Waals surface area contributed by atoms with E-state index in [1.165, 1.54) is 0 Å². The molecule has 5 aliphatic carbocycles. The van der Waals surface area contributed by atoms with Crippen LogP contribution in [0, 0.1) is 50.7 Å². The van der Waals surface area contributed by atoms with Crippen LogP contribution in [0.1, 0.15) is 99.8 Å². The molecular weight excluding hydrogens is 440 g/mol. The van der Waals surface area contributed by atoms with Crippen molar-refractivity contribution in [2.75, 3.05) is 0 Å². The van der Waals surface area contributed by atoms with Crippen LogP contribution in [0.2, 0.25) is 0 Å². The van der Waals surface area contributed by atoms with Gasteiger partial charge in [-0.2, -0.15) is 0 Å². The average molecular weight is 489 g/mol. The number of hydrogen-bond donors (Lipinski definition) is 4. The highest BCUT2D eigenvalue weighted by molar-refractivity contribution is 5.78. The minimum atomic E-state index is -1.37. The molecule has 5 heteroatoms. The van der Waals surface area contributed by atoms with Gasteiger partial charge in [0.05, 0.1) is 12.2 Å². The lowest BCUT2D eigenvalue weighted by molar-refractivity contribution is -0.255. The maximum atomic E-state index is 12.9. The van der Waals surface area contributed by atoms with Gasteiger partial charge in [0.1, 0.15) is 11.0 Å². The van der Waals surface area contributed by atoms with E-state index in [9.17, 15) is 25.2 Å². The molecule has 4 fully saturated rings. The minimum absolute atomic E-state index is 0.00814. The molecule has 0 saturated heterocycles. The molecule has 5 nitrogen and oxygen atoms in total. The summed E-state index contributed by atoms with van der Waals surface area (Å²) in [5.41, 5.74) is -2.71. The lowest BCUT2D eigenvalue weighted by atomic mass is 9.32. The summed E-state index contributed by atoms with van der Waals surface area (Å²) in [5, 5.41) is 45.9. The van der Waals surface area contributed by atoms with E-state index in [0.717, 1.165) is 37.7 Å². The summed E-state index contributed by atoms with van der Waals surface area (Å²) >= 11 is 0. The molecule has 11 unspecified atom stereocenters. The standard InChI is InChI=1S/C30H48O5/c1-17-10-13-29(24(33)34)15-14-27(6)21(30(29,35)18(17)2)9-8-20-26(5)12-11-22(32)25(3,4)23(26)19(31)16-28(20,27)7/h9,17-20,22-23,31-32,35H,8,10-16H2,1-7H3,(H,33,34). The second-order valence-corrected chi connectivity index (χ2v) is 14.7. The molecule has 5 rings (SSSR count). The third-order valence-corrected chi connectivity index (χ3v) is 13.5. The summed E-state index contributed by atoms with van der Waals surface area (Å²) in [4.78, 5) is 12.9. The highest BCUT2D eigenvalue weighted by Crippen LogP contribution is 2.76. The number of hydrogen-bond acceptors (Lipinski definition) is 4. The molecule has 0 aromatic carbocycles. The van der Waals surface area contributed by atoms with Crippen molar-refractivity contribution in [1.82, 2.24) is 0 Å². The van der Waals surface area contributed by atoms with Gasteiger partial charge in [0.15, 0.2) is 0 Å². The van der Waals surface area contributed by atoms with Crippen LogP contribution in [0.25, 0.3) is 0 Å². The number of carbonyl (C=O) groups is 1. The van der Waals surface area contributed by atoms with E-state index in [2.05, 4.69) is 54.5 Å². The van der Waals surface area contributed by atoms with Crippen molar-refractivity contribution in [3.63, 3.8) is 0 Å². The summed E-state index contributed by atoms with van der Waals surface area (Å²) < 4.78 is 0. The van der Waals surface area contributed by atoms with Gasteiger partial charge >= 0.3 is 5.97 Å². The summed E-state index contributed by atoms with van der Waals surface area (Å²) in [6.07, 6.45) is 6.90. The lowest BCUT2D eigenvalue weighted by Crippen LogP contribution is -2.72. The van der Waals surface area contributed by atoms with Crippen LogP contribution >= 0.6 is 0 Å². The normalized spacial score (nSPS) is 57.1. The Morgan fingerprint density at radius 2 is 1.63 bits per heavy atom. The van der Waals surface area contributed by atoms with Crippen LogP contribution in [-0.4, -0.2) is 44.2 Å². The van der Waals surface area contributed by atoms with Gasteiger partial charge in [0.25, 0.3) is 0 Å². The SMILES string of the molecule is CC1CCC2(C(=O)O)CCC3(C)C(=CCC4C5(C)CCC(O)C(C)(C)C5C(O)CC43C)C2(O)C1C. The first-order chi connectivity index (χ1) is 16.0. The average Bonchev–Trinajstić information content (AvgIpc) is 2.75. The fourth-order valence-electron chi connectivity index (χ4n) is 11.1. The predicted octanol–water partition coefficient (Wildman–Crippen LogP) is 5.18. The van der Waals surface area contributed by atoms with E-state index in [4.69, 9.17) is 0 Å². The number of rotatable bonds is 1. The highest BCUT2D eigenvalue weighted by Gasteiger charge is 2.75. The molecule has 5 aliphatic rings. The first-order valence-corrected chi connectivity index (χ1v) is 14.1. The molecule has 0 aromatic rings. The van der Waals surface area contributed by atoms with Crippen LogP contribution in [0.5, 0.6) is 0 Å². The molecule has 4 saturated carbocycles. The van der Waals surface area contributed by atoms with E-state index >= 15 is 0 Å². The minimum Gasteiger partial charge on any atom is -0.481 e. The Bertz CT molecular complexity index is 956. The van der Waals surface area contributed by atoms with Gasteiger partial charge in [-0.05, 0) is 102 Å². The summed E-state index contributed by atoms with van der Waals surface area (Å²) in [6.45, 7) is 15.4. The third-order valence-electron chi connectivity index (χ3n) is 13.5. The van der Waals surface area contributed by atoms with E-state index < -0.39 is 29.2 Å². The second kappa shape index (κ2) is 7.35. The van der Waals surface area contributed by atoms with Crippen LogP contribution < -0.4 is 0 Å². The molecule has 35 heavy (non-hydrogen) atoms. The molecule has 198 valence electrons. The van der Waals surface area contributed by atoms with Crippen molar-refractivity contribution < 1.29 is 25.2 Å². The fourth-order valence-corrected chi connectivity index (χ4v) is 11.1. The lowest BCUT2D eigenvalue weighted by Gasteiger charge is -2.73. The molecule has 0 amide bonds. The van der Waals surface area contributed by atoms with Crippen LogP contribution in [0.4, 0.5) is 0 Å². The number of allylic oxidation sites excluding steroid dienone is 1. The third kappa shape index (κ3) is 2.74. The van der Waals surface area contributed by atoms with Crippen molar-refractivity contribution in [3.05, 3.63) is 11.6 Å². The van der Waals surface area contributed by atoms with Crippen molar-refractivity contribution in [3.8, 4) is 0 Å². The molecular formula is C30H48O5. The van der Waals surface area contributed by atoms with Gasteiger partial charge in [-0.15, -0.1) is 0 Å². The zero-order chi connectivity index (χ0) is 26.0. The van der Waals surface area contributed by atoms with Gasteiger partial charge < -0.3 is 20.4 Å². The van der Waals surface area contributed by atoms with Crippen molar-refractivity contribution in [1.29, 1.82) is 0 Å². The molecule has 0 aromatic heterocycles. The maximum absolute atomic E-state index is 12.9. The largest absolute Gasteiger partial charge is 0.481 e. The molecule has 4 N–H and O–H groups in total. The first-order valence-electron chi connectivity index (χ1n) is 14.1. The van der Waals surface area contributed by atoms with E-state index in [1.54, 1.807) is 0 Å². The van der Waals surface area contributed by atoms with Gasteiger partial charge in [-0.25, -0.2) is 0 Å². The Morgan fingerprint density at radius 3 is 2.26 bits per heavy atom. The van der Waals surface area contributed by atoms with E-state index in [-0.39, 0.29) is 39.4 Å². The first kappa shape index (κ1) is 25.7. The maximum Gasteiger partial charge on any atom is 0.312 e. The number of aliphatic hydroxyl groups excluding tert-OH is 2. The number of aliphatic carboxylic acids is 1. The van der Waals surface area contributed by atoms with Crippen molar-refractivity contribution in [2.24, 2.45) is 50.7 Å². The highest BCUT2D eigenvalue weighted by atomic mass is 16.4. The van der Waals surface area contributed by atoms with E-state index in [0.29, 0.717) is 25.2 Å². The van der Waals surface area contributed by atoms with Crippen molar-refractivity contribution >= 4 is 5.97 Å². The van der Waals surface area contributed by atoms with Gasteiger partial charge in [-0.3, -0.25) is 4.79 Å². The van der Waals surface area contributed by atoms with Gasteiger partial charge in [0, 0.05) is 0 Å². The summed E-state index contributed by atoms with van der Waals surface area (Å²) in [7, 11) is 0. The van der Waals surface area contributed by atoms with Crippen LogP contribution in [0.3, 0.4) is 0 Å². The summed E-state index contributed by atoms with van der Waals surface area (Å²) in [6, 6.07) is 0. The van der Waals surface area contributed by atoms with Gasteiger partial charge in [-0.1, -0.05) is 54.5 Å². The number of carboxylic acids is 1. The number of fused-ring (bicyclic) bond motifs is 7. The van der Waals surface area contributed by atoms with Gasteiger partial charge in [0.2, 0.25) is 0 Å². The summed E-state index contributed by atoms with van der Waals surface area (Å²) in [5.74, 6) is -0.428. The van der Waals surface area contributed by atoms with E-state index in [1.807, 2.05) is 0 Å². The fraction of sp³-hybridized carbons (Fsp3) is 0.900. The smallest absolute Gasteiger partial charge is 0.312 e. The quantitative estimate of drug-likeness (QED) is 0.382.